The van der Waals surface area contributed by atoms with Crippen molar-refractivity contribution in [1.82, 2.24) is 5.32 Å². The molecule has 0 aromatic heterocycles. The SMILES string of the molecule is Cl.OC(CNC1CCOCC1)COc1c(F)cc(Br)cc1F. The summed E-state index contributed by atoms with van der Waals surface area (Å²) in [7, 11) is 0. The van der Waals surface area contributed by atoms with Gasteiger partial charge in [-0.1, -0.05) is 15.9 Å². The predicted octanol–water partition coefficient (Wildman–Crippen LogP) is 2.66. The van der Waals surface area contributed by atoms with Crippen molar-refractivity contribution in [2.45, 2.75) is 25.0 Å². The molecule has 0 radical (unpaired) electrons. The van der Waals surface area contributed by atoms with Crippen LogP contribution < -0.4 is 10.1 Å². The van der Waals surface area contributed by atoms with Gasteiger partial charge in [0.2, 0.25) is 0 Å². The summed E-state index contributed by atoms with van der Waals surface area (Å²) in [6, 6.07) is 2.53. The molecule has 0 bridgehead atoms. The van der Waals surface area contributed by atoms with E-state index in [0.717, 1.165) is 25.0 Å². The molecule has 1 aliphatic rings. The second-order valence-corrected chi connectivity index (χ2v) is 5.87. The number of ether oxygens (including phenoxy) is 2. The van der Waals surface area contributed by atoms with Crippen LogP contribution >= 0.6 is 28.3 Å². The minimum Gasteiger partial charge on any atom is -0.485 e. The normalized spacial score (nSPS) is 16.9. The van der Waals surface area contributed by atoms with Gasteiger partial charge in [0.1, 0.15) is 12.7 Å². The lowest BCUT2D eigenvalue weighted by Gasteiger charge is -2.24. The lowest BCUT2D eigenvalue weighted by molar-refractivity contribution is 0.0645. The van der Waals surface area contributed by atoms with Crippen LogP contribution in [-0.4, -0.2) is 43.6 Å². The molecule has 22 heavy (non-hydrogen) atoms. The highest BCUT2D eigenvalue weighted by Gasteiger charge is 2.17. The van der Waals surface area contributed by atoms with Gasteiger partial charge in [0, 0.05) is 30.3 Å². The summed E-state index contributed by atoms with van der Waals surface area (Å²) in [5, 5.41) is 13.0. The standard InChI is InChI=1S/C14H18BrF2NO3.ClH/c15-9-5-12(16)14(13(17)6-9)21-8-11(19)7-18-10-1-3-20-4-2-10;/h5-6,10-11,18-19H,1-4,7-8H2;1H. The van der Waals surface area contributed by atoms with Gasteiger partial charge in [0.25, 0.3) is 0 Å². The average molecular weight is 403 g/mol. The lowest BCUT2D eigenvalue weighted by Crippen LogP contribution is -2.40. The Morgan fingerprint density at radius 1 is 1.32 bits per heavy atom. The van der Waals surface area contributed by atoms with Gasteiger partial charge >= 0.3 is 0 Å². The molecule has 0 spiro atoms. The van der Waals surface area contributed by atoms with E-state index in [0.29, 0.717) is 30.3 Å². The smallest absolute Gasteiger partial charge is 0.190 e. The van der Waals surface area contributed by atoms with Crippen LogP contribution in [0.2, 0.25) is 0 Å². The van der Waals surface area contributed by atoms with Gasteiger partial charge in [0.15, 0.2) is 17.4 Å². The molecule has 1 heterocycles. The first kappa shape index (κ1) is 19.6. The largest absolute Gasteiger partial charge is 0.485 e. The minimum atomic E-state index is -0.838. The maximum Gasteiger partial charge on any atom is 0.190 e. The van der Waals surface area contributed by atoms with E-state index in [-0.39, 0.29) is 19.0 Å². The number of rotatable bonds is 6. The summed E-state index contributed by atoms with van der Waals surface area (Å²) >= 11 is 2.99. The van der Waals surface area contributed by atoms with Crippen LogP contribution in [0.15, 0.2) is 16.6 Å². The van der Waals surface area contributed by atoms with Gasteiger partial charge in [-0.2, -0.15) is 0 Å². The molecular formula is C14H19BrClF2NO3. The fourth-order valence-electron chi connectivity index (χ4n) is 2.11. The van der Waals surface area contributed by atoms with Crippen LogP contribution in [-0.2, 0) is 4.74 Å². The quantitative estimate of drug-likeness (QED) is 0.768. The Kier molecular flexibility index (Phi) is 8.56. The number of hydrogen-bond donors (Lipinski definition) is 2. The van der Waals surface area contributed by atoms with E-state index < -0.39 is 23.5 Å². The van der Waals surface area contributed by atoms with Crippen molar-refractivity contribution in [3.05, 3.63) is 28.2 Å². The highest BCUT2D eigenvalue weighted by atomic mass is 79.9. The third-order valence-corrected chi connectivity index (χ3v) is 3.70. The van der Waals surface area contributed by atoms with Crippen molar-refractivity contribution in [3.63, 3.8) is 0 Å². The third-order valence-electron chi connectivity index (χ3n) is 3.25. The summed E-state index contributed by atoms with van der Waals surface area (Å²) in [4.78, 5) is 0. The Labute approximate surface area is 142 Å². The molecule has 1 atom stereocenters. The Hall–Kier alpha value is -0.470. The fraction of sp³-hybridized carbons (Fsp3) is 0.571. The molecule has 0 saturated carbocycles. The highest BCUT2D eigenvalue weighted by Crippen LogP contribution is 2.25. The van der Waals surface area contributed by atoms with Gasteiger partial charge < -0.3 is 19.9 Å². The molecule has 1 aromatic carbocycles. The fourth-order valence-corrected chi connectivity index (χ4v) is 2.51. The van der Waals surface area contributed by atoms with Crippen LogP contribution in [0.3, 0.4) is 0 Å². The second kappa shape index (κ2) is 9.62. The second-order valence-electron chi connectivity index (χ2n) is 4.96. The summed E-state index contributed by atoms with van der Waals surface area (Å²) in [6.07, 6.45) is 0.947. The Morgan fingerprint density at radius 3 is 2.50 bits per heavy atom. The first-order valence-corrected chi connectivity index (χ1v) is 7.62. The number of aliphatic hydroxyl groups excluding tert-OH is 1. The van der Waals surface area contributed by atoms with Crippen molar-refractivity contribution in [3.8, 4) is 5.75 Å². The number of aliphatic hydroxyl groups is 1. The van der Waals surface area contributed by atoms with Crippen LogP contribution in [0.4, 0.5) is 8.78 Å². The molecular weight excluding hydrogens is 384 g/mol. The molecule has 1 aromatic rings. The Morgan fingerprint density at radius 2 is 1.91 bits per heavy atom. The molecule has 1 saturated heterocycles. The molecule has 1 unspecified atom stereocenters. The van der Waals surface area contributed by atoms with Crippen LogP contribution in [0.25, 0.3) is 0 Å². The van der Waals surface area contributed by atoms with Crippen LogP contribution in [0.1, 0.15) is 12.8 Å². The first-order valence-electron chi connectivity index (χ1n) is 6.83. The first-order chi connectivity index (χ1) is 10.1. The molecule has 1 fully saturated rings. The number of halogens is 4. The van der Waals surface area contributed by atoms with E-state index in [2.05, 4.69) is 21.2 Å². The van der Waals surface area contributed by atoms with E-state index in [9.17, 15) is 13.9 Å². The molecule has 2 N–H and O–H groups in total. The van der Waals surface area contributed by atoms with Gasteiger partial charge in [-0.05, 0) is 25.0 Å². The van der Waals surface area contributed by atoms with Crippen molar-refractivity contribution in [2.75, 3.05) is 26.4 Å². The van der Waals surface area contributed by atoms with E-state index >= 15 is 0 Å². The van der Waals surface area contributed by atoms with E-state index in [1.807, 2.05) is 0 Å². The average Bonchev–Trinajstić information content (AvgIpc) is 2.45. The Balaban J connectivity index is 0.00000242. The van der Waals surface area contributed by atoms with Crippen molar-refractivity contribution >= 4 is 28.3 Å². The zero-order valence-electron chi connectivity index (χ0n) is 11.9. The topological polar surface area (TPSA) is 50.7 Å². The summed E-state index contributed by atoms with van der Waals surface area (Å²) in [5.74, 6) is -2.07. The molecule has 2 rings (SSSR count). The van der Waals surface area contributed by atoms with Crippen LogP contribution in [0, 0.1) is 11.6 Å². The van der Waals surface area contributed by atoms with Crippen molar-refractivity contribution in [1.29, 1.82) is 0 Å². The zero-order valence-corrected chi connectivity index (χ0v) is 14.3. The van der Waals surface area contributed by atoms with E-state index in [1.54, 1.807) is 0 Å². The van der Waals surface area contributed by atoms with E-state index in [1.165, 1.54) is 0 Å². The summed E-state index contributed by atoms with van der Waals surface area (Å²) in [5.41, 5.74) is 0. The van der Waals surface area contributed by atoms with E-state index in [4.69, 9.17) is 9.47 Å². The molecule has 0 aliphatic carbocycles. The summed E-state index contributed by atoms with van der Waals surface area (Å²) < 4.78 is 37.6. The van der Waals surface area contributed by atoms with Gasteiger partial charge in [-0.3, -0.25) is 0 Å². The predicted molar refractivity (Wildman–Crippen MR) is 84.7 cm³/mol. The molecule has 1 aliphatic heterocycles. The summed E-state index contributed by atoms with van der Waals surface area (Å²) in [6.45, 7) is 1.55. The number of benzene rings is 1. The zero-order chi connectivity index (χ0) is 15.2. The van der Waals surface area contributed by atoms with Gasteiger partial charge in [-0.25, -0.2) is 8.78 Å². The molecule has 126 valence electrons. The van der Waals surface area contributed by atoms with Crippen molar-refractivity contribution < 1.29 is 23.4 Å². The Bertz CT molecular complexity index is 452. The van der Waals surface area contributed by atoms with Gasteiger partial charge in [0.05, 0.1) is 0 Å². The van der Waals surface area contributed by atoms with Crippen LogP contribution in [0.5, 0.6) is 5.75 Å². The maximum absolute atomic E-state index is 13.5. The monoisotopic (exact) mass is 401 g/mol. The van der Waals surface area contributed by atoms with Gasteiger partial charge in [-0.15, -0.1) is 12.4 Å². The van der Waals surface area contributed by atoms with Crippen molar-refractivity contribution in [2.24, 2.45) is 0 Å². The lowest BCUT2D eigenvalue weighted by atomic mass is 10.1. The number of hydrogen-bond acceptors (Lipinski definition) is 4. The minimum absolute atomic E-state index is 0. The molecule has 4 nitrogen and oxygen atoms in total. The molecule has 0 amide bonds. The maximum atomic E-state index is 13.5. The highest BCUT2D eigenvalue weighted by molar-refractivity contribution is 9.10. The molecule has 8 heteroatoms. The third kappa shape index (κ3) is 5.96. The number of nitrogens with one attached hydrogen (secondary N) is 1.